The first kappa shape index (κ1) is 36.2. The molecular formula is C29H32N6O11. The minimum atomic E-state index is -1.38. The van der Waals surface area contributed by atoms with Gasteiger partial charge in [-0.15, -0.1) is 0 Å². The second-order valence-corrected chi connectivity index (χ2v) is 10.2. The van der Waals surface area contributed by atoms with Gasteiger partial charge in [0, 0.05) is 11.8 Å². The van der Waals surface area contributed by atoms with Gasteiger partial charge in [-0.05, 0) is 49.1 Å². The van der Waals surface area contributed by atoms with Crippen molar-refractivity contribution in [2.75, 3.05) is 30.5 Å². The number of amides is 2. The van der Waals surface area contributed by atoms with Crippen LogP contribution in [0, 0.1) is 28.9 Å². The molecule has 0 aliphatic carbocycles. The number of nitrogens with one attached hydrogen (secondary N) is 2. The first-order valence-corrected chi connectivity index (χ1v) is 13.6. The van der Waals surface area contributed by atoms with Crippen molar-refractivity contribution in [1.29, 1.82) is 0 Å². The van der Waals surface area contributed by atoms with Crippen LogP contribution in [0.2, 0.25) is 0 Å². The zero-order chi connectivity index (χ0) is 34.4. The van der Waals surface area contributed by atoms with Gasteiger partial charge >= 0.3 is 17.8 Å². The molecule has 3 aromatic heterocycles. The van der Waals surface area contributed by atoms with Crippen molar-refractivity contribution in [2.24, 2.45) is 11.8 Å². The number of hydrogen-bond acceptors (Lipinski definition) is 13. The summed E-state index contributed by atoms with van der Waals surface area (Å²) in [4.78, 5) is 76.2. The number of carboxylic acid groups (broad SMARTS) is 1. The zero-order valence-corrected chi connectivity index (χ0v) is 25.6. The third-order valence-electron chi connectivity index (χ3n) is 5.30. The van der Waals surface area contributed by atoms with Crippen molar-refractivity contribution in [3.05, 3.63) is 63.6 Å². The van der Waals surface area contributed by atoms with Gasteiger partial charge in [-0.2, -0.15) is 9.59 Å². The predicted octanol–water partition coefficient (Wildman–Crippen LogP) is 3.54. The molecule has 0 spiro atoms. The minimum absolute atomic E-state index is 0.0232. The number of rotatable bonds is 14. The van der Waals surface area contributed by atoms with Crippen molar-refractivity contribution < 1.29 is 48.2 Å². The molecular weight excluding hydrogens is 608 g/mol. The van der Waals surface area contributed by atoms with Crippen LogP contribution in [0.5, 0.6) is 17.6 Å². The molecule has 244 valence electrons. The average Bonchev–Trinajstić information content (AvgIpc) is 2.99. The van der Waals surface area contributed by atoms with E-state index in [1.165, 1.54) is 12.1 Å². The van der Waals surface area contributed by atoms with Gasteiger partial charge in [0.25, 0.3) is 17.7 Å². The predicted molar refractivity (Wildman–Crippen MR) is 159 cm³/mol. The highest BCUT2D eigenvalue weighted by molar-refractivity contribution is 6.05. The molecule has 0 aliphatic heterocycles. The summed E-state index contributed by atoms with van der Waals surface area (Å²) in [6, 6.07) is 8.23. The highest BCUT2D eigenvalue weighted by atomic mass is 16.6. The minimum Gasteiger partial charge on any atom is -0.479 e. The lowest BCUT2D eigenvalue weighted by Gasteiger charge is -2.15. The maximum atomic E-state index is 13.1. The second-order valence-electron chi connectivity index (χ2n) is 10.2. The summed E-state index contributed by atoms with van der Waals surface area (Å²) in [6.45, 7) is 9.28. The molecule has 17 heteroatoms. The molecule has 3 aromatic rings. The van der Waals surface area contributed by atoms with E-state index in [9.17, 15) is 24.5 Å². The largest absolute Gasteiger partial charge is 0.479 e. The normalized spacial score (nSPS) is 10.2. The second kappa shape index (κ2) is 17.4. The molecule has 2 amide bonds. The van der Waals surface area contributed by atoms with Gasteiger partial charge in [0.05, 0.1) is 18.1 Å². The Labute approximate surface area is 262 Å². The highest BCUT2D eigenvalue weighted by Gasteiger charge is 2.23. The number of anilines is 2. The molecule has 0 unspecified atom stereocenters. The summed E-state index contributed by atoms with van der Waals surface area (Å²) >= 11 is 0. The Kier molecular flexibility index (Phi) is 13.7. The van der Waals surface area contributed by atoms with Crippen LogP contribution in [0.15, 0.2) is 36.4 Å². The zero-order valence-electron chi connectivity index (χ0n) is 25.6. The van der Waals surface area contributed by atoms with Crippen LogP contribution in [0.25, 0.3) is 0 Å². The molecule has 0 saturated carbocycles. The van der Waals surface area contributed by atoms with E-state index >= 15 is 0 Å². The number of aryl methyl sites for hydroxylation is 1. The van der Waals surface area contributed by atoms with Crippen molar-refractivity contribution in [2.45, 2.75) is 34.6 Å². The molecule has 0 aromatic carbocycles. The summed E-state index contributed by atoms with van der Waals surface area (Å²) in [5.74, 6) is -2.89. The lowest BCUT2D eigenvalue weighted by Crippen LogP contribution is -2.19. The van der Waals surface area contributed by atoms with E-state index in [4.69, 9.17) is 28.9 Å². The van der Waals surface area contributed by atoms with E-state index in [-0.39, 0.29) is 53.4 Å². The first-order valence-electron chi connectivity index (χ1n) is 13.6. The summed E-state index contributed by atoms with van der Waals surface area (Å²) < 4.78 is 16.4. The topological polar surface area (TPSA) is 239 Å². The number of carboxylic acids is 1. The number of nitro groups is 1. The highest BCUT2D eigenvalue weighted by Crippen LogP contribution is 2.28. The van der Waals surface area contributed by atoms with Crippen LogP contribution >= 0.6 is 0 Å². The van der Waals surface area contributed by atoms with Crippen LogP contribution in [0.1, 0.15) is 54.4 Å². The molecule has 46 heavy (non-hydrogen) atoms. The Bertz CT molecular complexity index is 1600. The molecule has 0 fully saturated rings. The molecule has 0 aliphatic rings. The van der Waals surface area contributed by atoms with E-state index in [1.54, 1.807) is 19.1 Å². The third kappa shape index (κ3) is 11.3. The SMILES string of the molecule is Cc1ccc(NC(=O)c2ccc(NC(=O)c3ccc([N+](=O)[O-])c(OCC(=O)O)n3)c(OCC(C)C)n2)c(OCC(C)C)n1.O=C=O. The number of carbonyl (C=O) groups is 3. The number of aliphatic carboxylic acids is 1. The quantitative estimate of drug-likeness (QED) is 0.169. The Morgan fingerprint density at radius 1 is 0.804 bits per heavy atom. The molecule has 0 saturated heterocycles. The number of aromatic nitrogens is 3. The van der Waals surface area contributed by atoms with Gasteiger partial charge in [-0.3, -0.25) is 19.7 Å². The van der Waals surface area contributed by atoms with Gasteiger partial charge in [0.1, 0.15) is 22.8 Å². The Morgan fingerprint density at radius 2 is 1.26 bits per heavy atom. The molecule has 0 radical (unpaired) electrons. The fourth-order valence-corrected chi connectivity index (χ4v) is 3.31. The smallest absolute Gasteiger partial charge is 0.373 e. The van der Waals surface area contributed by atoms with Gasteiger partial charge in [0.2, 0.25) is 11.8 Å². The van der Waals surface area contributed by atoms with E-state index in [0.29, 0.717) is 18.0 Å². The first-order chi connectivity index (χ1) is 21.7. The van der Waals surface area contributed by atoms with Crippen molar-refractivity contribution in [1.82, 2.24) is 15.0 Å². The Hall–Kier alpha value is -5.96. The molecule has 3 rings (SSSR count). The van der Waals surface area contributed by atoms with Crippen LogP contribution in [0.4, 0.5) is 17.1 Å². The number of hydrogen-bond donors (Lipinski definition) is 3. The Balaban J connectivity index is 0.00000236. The number of nitrogens with zero attached hydrogens (tertiary/aromatic N) is 4. The summed E-state index contributed by atoms with van der Waals surface area (Å²) in [6.07, 6.45) is 0.250. The standard InChI is InChI=1S/C28H32N6O9.CO2/c1-15(2)12-41-26-20(7-6-17(5)29-26)30-24(37)18-8-9-21(27(32-18)42-13-16(3)4)31-25(38)19-10-11-22(34(39)40)28(33-19)43-14-23(35)36;2-1-3/h6-11,15-16H,12-14H2,1-5H3,(H,30,37)(H,31,38)(H,35,36);. The summed E-state index contributed by atoms with van der Waals surface area (Å²) in [5, 5.41) is 25.4. The van der Waals surface area contributed by atoms with Gasteiger partial charge in [-0.1, -0.05) is 27.7 Å². The third-order valence-corrected chi connectivity index (χ3v) is 5.30. The van der Waals surface area contributed by atoms with Crippen LogP contribution in [-0.4, -0.2) is 68.7 Å². The van der Waals surface area contributed by atoms with Crippen LogP contribution in [0.3, 0.4) is 0 Å². The van der Waals surface area contributed by atoms with Crippen molar-refractivity contribution >= 4 is 41.0 Å². The molecule has 0 atom stereocenters. The number of ether oxygens (including phenoxy) is 3. The Morgan fingerprint density at radius 3 is 1.74 bits per heavy atom. The van der Waals surface area contributed by atoms with Crippen molar-refractivity contribution in [3.63, 3.8) is 0 Å². The summed E-state index contributed by atoms with van der Waals surface area (Å²) in [5.41, 5.74) is 0.215. The molecule has 0 bridgehead atoms. The number of carbonyl (C=O) groups excluding carboxylic acids is 4. The molecule has 3 N–H and O–H groups in total. The van der Waals surface area contributed by atoms with Crippen LogP contribution < -0.4 is 24.8 Å². The van der Waals surface area contributed by atoms with Crippen molar-refractivity contribution in [3.8, 4) is 17.6 Å². The monoisotopic (exact) mass is 640 g/mol. The lowest BCUT2D eigenvalue weighted by molar-refractivity contribution is -0.386. The molecule has 17 nitrogen and oxygen atoms in total. The van der Waals surface area contributed by atoms with Gasteiger partial charge in [0.15, 0.2) is 6.61 Å². The van der Waals surface area contributed by atoms with E-state index < -0.39 is 40.9 Å². The maximum Gasteiger partial charge on any atom is 0.373 e. The van der Waals surface area contributed by atoms with Gasteiger partial charge < -0.3 is 30.0 Å². The van der Waals surface area contributed by atoms with Crippen LogP contribution in [-0.2, 0) is 14.4 Å². The molecule has 3 heterocycles. The lowest BCUT2D eigenvalue weighted by atomic mass is 10.2. The maximum absolute atomic E-state index is 13.1. The van der Waals surface area contributed by atoms with Gasteiger partial charge in [-0.25, -0.2) is 19.7 Å². The summed E-state index contributed by atoms with van der Waals surface area (Å²) in [7, 11) is 0. The van der Waals surface area contributed by atoms with E-state index in [2.05, 4.69) is 25.6 Å². The van der Waals surface area contributed by atoms with E-state index in [0.717, 1.165) is 12.1 Å². The fourth-order valence-electron chi connectivity index (χ4n) is 3.31. The van der Waals surface area contributed by atoms with E-state index in [1.807, 2.05) is 27.7 Å². The fraction of sp³-hybridized carbons (Fsp3) is 0.345. The number of pyridine rings is 3. The average molecular weight is 641 g/mol.